The Morgan fingerprint density at radius 3 is 3.00 bits per heavy atom. The molecular formula is C3H5N5O2. The summed E-state index contributed by atoms with van der Waals surface area (Å²) in [4.78, 5) is 10.8. The molecule has 0 saturated heterocycles. The van der Waals surface area contributed by atoms with Crippen molar-refractivity contribution in [1.82, 2.24) is 15.1 Å². The first-order valence-corrected chi connectivity index (χ1v) is 2.36. The van der Waals surface area contributed by atoms with Crippen LogP contribution < -0.4 is 11.2 Å². The van der Waals surface area contributed by atoms with Crippen LogP contribution in [-0.2, 0) is 0 Å². The number of carboxylic acid groups (broad SMARTS) is 1. The number of rotatable bonds is 1. The maximum absolute atomic E-state index is 9.94. The fourth-order valence-electron chi connectivity index (χ4n) is 0.429. The maximum Gasteiger partial charge on any atom is 0.425 e. The van der Waals surface area contributed by atoms with Crippen molar-refractivity contribution in [3.63, 3.8) is 0 Å². The first-order valence-electron chi connectivity index (χ1n) is 2.36. The molecule has 7 nitrogen and oxygen atoms in total. The topological polar surface area (TPSA) is 106 Å². The number of nitrogens with zero attached hydrogens (tertiary/aromatic N) is 3. The van der Waals surface area contributed by atoms with E-state index in [2.05, 4.69) is 10.3 Å². The van der Waals surface area contributed by atoms with Crippen LogP contribution in [0.3, 0.4) is 0 Å². The minimum Gasteiger partial charge on any atom is -0.464 e. The lowest BCUT2D eigenvalue weighted by Gasteiger charge is -1.94. The molecule has 1 aromatic heterocycles. The third-order valence-electron chi connectivity index (χ3n) is 0.721. The summed E-state index contributed by atoms with van der Waals surface area (Å²) < 4.78 is 0. The second-order valence-corrected chi connectivity index (χ2v) is 1.50. The van der Waals surface area contributed by atoms with E-state index in [1.54, 1.807) is 0 Å². The van der Waals surface area contributed by atoms with Crippen LogP contribution in [0.4, 0.5) is 10.6 Å². The van der Waals surface area contributed by atoms with E-state index < -0.39 is 6.09 Å². The summed E-state index contributed by atoms with van der Waals surface area (Å²) in [5.41, 5.74) is 7.03. The largest absolute Gasteiger partial charge is 0.464 e. The second-order valence-electron chi connectivity index (χ2n) is 1.50. The van der Waals surface area contributed by atoms with Gasteiger partial charge in [0.05, 0.1) is 6.20 Å². The van der Waals surface area contributed by atoms with Gasteiger partial charge in [0.2, 0.25) is 0 Å². The Kier molecular flexibility index (Phi) is 1.40. The second kappa shape index (κ2) is 2.21. The molecule has 0 aliphatic rings. The van der Waals surface area contributed by atoms with Crippen molar-refractivity contribution in [3.8, 4) is 0 Å². The van der Waals surface area contributed by atoms with Crippen LogP contribution in [0.15, 0.2) is 6.20 Å². The number of nitrogen functional groups attached to an aromatic ring is 1. The molecule has 0 atom stereocenters. The highest BCUT2D eigenvalue weighted by Gasteiger charge is 1.97. The van der Waals surface area contributed by atoms with E-state index >= 15 is 0 Å². The molecule has 0 spiro atoms. The quantitative estimate of drug-likeness (QED) is 0.471. The summed E-state index contributed by atoms with van der Waals surface area (Å²) in [5, 5.41) is 14.8. The van der Waals surface area contributed by atoms with Crippen molar-refractivity contribution in [2.75, 3.05) is 11.2 Å². The van der Waals surface area contributed by atoms with E-state index in [1.165, 1.54) is 6.20 Å². The van der Waals surface area contributed by atoms with Crippen LogP contribution in [0, 0.1) is 0 Å². The standard InChI is InChI=1S/C3H5N5O2/c4-2-1-8(7-5-2)6-3(9)10/h1,6H,4H2,(H,9,10). The summed E-state index contributed by atoms with van der Waals surface area (Å²) in [6.45, 7) is 0. The maximum atomic E-state index is 9.94. The summed E-state index contributed by atoms with van der Waals surface area (Å²) in [7, 11) is 0. The first-order chi connectivity index (χ1) is 4.68. The molecule has 0 fully saturated rings. The van der Waals surface area contributed by atoms with Gasteiger partial charge in [-0.05, 0) is 5.21 Å². The summed E-state index contributed by atoms with van der Waals surface area (Å²) in [6.07, 6.45) is 0.0265. The van der Waals surface area contributed by atoms with Gasteiger partial charge in [-0.25, -0.2) is 10.2 Å². The highest BCUT2D eigenvalue weighted by Crippen LogP contribution is 1.88. The van der Waals surface area contributed by atoms with E-state index in [9.17, 15) is 4.79 Å². The lowest BCUT2D eigenvalue weighted by Crippen LogP contribution is -2.20. The SMILES string of the molecule is Nc1cn(NC(=O)O)nn1. The number of nitrogens with two attached hydrogens (primary N) is 1. The third kappa shape index (κ3) is 1.34. The monoisotopic (exact) mass is 143 g/mol. The lowest BCUT2D eigenvalue weighted by molar-refractivity contribution is 0.205. The Morgan fingerprint density at radius 2 is 2.60 bits per heavy atom. The van der Waals surface area contributed by atoms with Crippen LogP contribution >= 0.6 is 0 Å². The molecule has 0 bridgehead atoms. The van der Waals surface area contributed by atoms with E-state index in [1.807, 2.05) is 5.43 Å². The molecule has 0 aliphatic carbocycles. The van der Waals surface area contributed by atoms with Gasteiger partial charge in [-0.2, -0.15) is 4.79 Å². The zero-order valence-corrected chi connectivity index (χ0v) is 4.85. The lowest BCUT2D eigenvalue weighted by atomic mass is 10.8. The van der Waals surface area contributed by atoms with Crippen LogP contribution in [0.2, 0.25) is 0 Å². The molecule has 1 aromatic rings. The van der Waals surface area contributed by atoms with E-state index in [4.69, 9.17) is 10.8 Å². The molecule has 0 saturated carbocycles. The Hall–Kier alpha value is -1.79. The summed E-state index contributed by atoms with van der Waals surface area (Å²) in [5.74, 6) is 0.161. The molecule has 54 valence electrons. The van der Waals surface area contributed by atoms with Crippen molar-refractivity contribution in [1.29, 1.82) is 0 Å². The molecule has 0 aliphatic heterocycles. The third-order valence-corrected chi connectivity index (χ3v) is 0.721. The molecule has 7 heteroatoms. The predicted octanol–water partition coefficient (Wildman–Crippen LogP) is -0.918. The van der Waals surface area contributed by atoms with Crippen molar-refractivity contribution >= 4 is 11.9 Å². The number of hydrogen-bond donors (Lipinski definition) is 3. The highest BCUT2D eigenvalue weighted by molar-refractivity contribution is 5.73. The van der Waals surface area contributed by atoms with Gasteiger partial charge in [0.25, 0.3) is 0 Å². The number of anilines is 1. The van der Waals surface area contributed by atoms with Gasteiger partial charge in [0.1, 0.15) is 0 Å². The smallest absolute Gasteiger partial charge is 0.425 e. The average molecular weight is 143 g/mol. The Labute approximate surface area is 55.4 Å². The minimum absolute atomic E-state index is 0.161. The molecular weight excluding hydrogens is 138 g/mol. The fraction of sp³-hybridized carbons (Fsp3) is 0. The molecule has 0 unspecified atom stereocenters. The number of aromatic nitrogens is 3. The average Bonchev–Trinajstić information content (AvgIpc) is 2.13. The zero-order chi connectivity index (χ0) is 7.56. The molecule has 1 rings (SSSR count). The summed E-state index contributed by atoms with van der Waals surface area (Å²) >= 11 is 0. The highest BCUT2D eigenvalue weighted by atomic mass is 16.4. The normalized spacial score (nSPS) is 9.20. The van der Waals surface area contributed by atoms with Gasteiger partial charge in [-0.3, -0.25) is 0 Å². The Morgan fingerprint density at radius 1 is 1.90 bits per heavy atom. The predicted molar refractivity (Wildman–Crippen MR) is 31.8 cm³/mol. The van der Waals surface area contributed by atoms with Crippen molar-refractivity contribution in [2.24, 2.45) is 0 Å². The van der Waals surface area contributed by atoms with Crippen LogP contribution in [0.25, 0.3) is 0 Å². The Bertz CT molecular complexity index is 243. The summed E-state index contributed by atoms with van der Waals surface area (Å²) in [6, 6.07) is 0. The van der Waals surface area contributed by atoms with Crippen molar-refractivity contribution < 1.29 is 9.90 Å². The van der Waals surface area contributed by atoms with Gasteiger partial charge in [-0.15, -0.1) is 5.10 Å². The minimum atomic E-state index is -1.22. The number of carbonyl (C=O) groups is 1. The first kappa shape index (κ1) is 6.33. The van der Waals surface area contributed by atoms with E-state index in [-0.39, 0.29) is 5.82 Å². The van der Waals surface area contributed by atoms with Gasteiger partial charge in [-0.1, -0.05) is 0 Å². The molecule has 10 heavy (non-hydrogen) atoms. The van der Waals surface area contributed by atoms with Crippen molar-refractivity contribution in [3.05, 3.63) is 6.20 Å². The number of nitrogens with one attached hydrogen (secondary N) is 1. The number of hydrogen-bond acceptors (Lipinski definition) is 4. The van der Waals surface area contributed by atoms with Crippen LogP contribution in [0.5, 0.6) is 0 Å². The Balaban J connectivity index is 2.67. The molecule has 1 heterocycles. The van der Waals surface area contributed by atoms with Gasteiger partial charge < -0.3 is 10.8 Å². The van der Waals surface area contributed by atoms with Crippen molar-refractivity contribution in [2.45, 2.75) is 0 Å². The van der Waals surface area contributed by atoms with E-state index in [0.29, 0.717) is 0 Å². The molecule has 0 radical (unpaired) electrons. The van der Waals surface area contributed by atoms with Crippen LogP contribution in [-0.4, -0.2) is 26.3 Å². The van der Waals surface area contributed by atoms with Gasteiger partial charge in [0.15, 0.2) is 5.82 Å². The van der Waals surface area contributed by atoms with Gasteiger partial charge >= 0.3 is 6.09 Å². The molecule has 0 aromatic carbocycles. The molecule has 1 amide bonds. The van der Waals surface area contributed by atoms with Gasteiger partial charge in [0, 0.05) is 0 Å². The fourth-order valence-corrected chi connectivity index (χ4v) is 0.429. The van der Waals surface area contributed by atoms with E-state index in [0.717, 1.165) is 4.79 Å². The zero-order valence-electron chi connectivity index (χ0n) is 4.85. The number of amides is 1. The molecule has 4 N–H and O–H groups in total. The van der Waals surface area contributed by atoms with Crippen LogP contribution in [0.1, 0.15) is 0 Å².